The van der Waals surface area contributed by atoms with Crippen LogP contribution < -0.4 is 71.1 Å². The van der Waals surface area contributed by atoms with Crippen LogP contribution in [0.5, 0.6) is 86.2 Å². The van der Waals surface area contributed by atoms with Crippen molar-refractivity contribution in [3.63, 3.8) is 0 Å². The molecule has 734 valence electrons. The van der Waals surface area contributed by atoms with Gasteiger partial charge in [0.1, 0.15) is 149 Å². The van der Waals surface area contributed by atoms with Crippen molar-refractivity contribution in [1.29, 1.82) is 0 Å². The van der Waals surface area contributed by atoms with Crippen molar-refractivity contribution in [3.8, 4) is 86.2 Å². The topological polar surface area (TPSA) is 199 Å². The molecule has 18 heteroatoms. The molecule has 0 spiro atoms. The number of benzene rings is 18. The lowest BCUT2D eigenvalue weighted by atomic mass is 9.73. The Morgan fingerprint density at radius 3 is 0.714 bits per heavy atom. The first-order valence-electron chi connectivity index (χ1n) is 49.7. The number of aliphatic hydroxyl groups excluding tert-OH is 3. The van der Waals surface area contributed by atoms with Gasteiger partial charge in [0, 0.05) is 58.5 Å². The molecule has 0 aromatic heterocycles. The largest absolute Gasteiger partial charge is 0.489 e. The van der Waals surface area contributed by atoms with Gasteiger partial charge in [-0.3, -0.25) is 0 Å². The molecule has 0 bridgehead atoms. The van der Waals surface area contributed by atoms with Crippen LogP contribution in [0.3, 0.4) is 0 Å². The molecule has 0 saturated carbocycles. The predicted octanol–water partition coefficient (Wildman–Crippen LogP) is 26.9. The van der Waals surface area contributed by atoms with Gasteiger partial charge in [0.2, 0.25) is 0 Å². The molecular weight excluding hydrogens is 1840 g/mol. The van der Waals surface area contributed by atoms with Crippen molar-refractivity contribution in [2.45, 2.75) is 134 Å². The second-order valence-corrected chi connectivity index (χ2v) is 36.7. The Kier molecular flexibility index (Phi) is 30.4. The SMILES string of the molecule is O[C@@H]1[C@@H](c2c(OCc3ccccc3)cc(OCc3ccccc3)c3c2O[C@H](c2ccc(OCc4ccccc4)c(OCc4ccccc4)c2)[C@@H](O)C3)c2c(OCc3ccccc3)cc(OCc3ccccc3)c([C@H]3c4c(OCc5ccccc5)cc(OCc5ccccc5)cc4O[C@H](c4ccc(OCc5ccccc5)c(OCc5ccccc5)c4)[C@@H]3O)c2O[C@@H]1c1ccc(OCc2ccccc2)c(OCc2ccccc2)c1. The zero-order valence-electron chi connectivity index (χ0n) is 80.9. The second kappa shape index (κ2) is 46.5. The standard InChI is InChI=1S/C129H110O18/c130-104-72-103-108(137-79-91-45-21-5-22-46-91)73-113(142-84-96-55-31-10-32-56-96)118(128(103)146-125(104)99-61-64-105(134-76-88-39-15-2-16-40-88)109(67-99)138-80-92-47-23-6-24-48-92)122-120-115(144-86-98-59-35-12-36-60-98)74-114(143-85-97-57-33-11-34-58-97)119(129(120)147-127(124(122)132)101-63-66-107(136-78-90-43-19-4-20-44-90)111(69-101)140-82-94-51-27-8-28-52-94)121-117-112(141-83-95-53-29-9-30-54-95)70-102(133-75-87-37-13-1-14-38-87)71-116(117)145-126(123(121)131)100-62-65-106(135-77-89-41-17-3-18-42-89)110(68-100)139-81-93-49-25-7-26-50-93/h1-71,73-74,104,121-127,130-132H,72,75-86H2/t104-,121+,122-,123+,124+,125+,126+,127+/m0/s1. The lowest BCUT2D eigenvalue weighted by Crippen LogP contribution is -2.39. The van der Waals surface area contributed by atoms with Crippen LogP contribution in [0.15, 0.2) is 443 Å². The van der Waals surface area contributed by atoms with E-state index in [9.17, 15) is 5.11 Å². The van der Waals surface area contributed by atoms with Crippen LogP contribution in [0.4, 0.5) is 0 Å². The monoisotopic (exact) mass is 1950 g/mol. The molecule has 8 atom stereocenters. The molecule has 18 aromatic rings. The molecule has 147 heavy (non-hydrogen) atoms. The highest BCUT2D eigenvalue weighted by Gasteiger charge is 2.52. The lowest BCUT2D eigenvalue weighted by Gasteiger charge is -2.44. The van der Waals surface area contributed by atoms with Crippen molar-refractivity contribution >= 4 is 0 Å². The Morgan fingerprint density at radius 2 is 0.415 bits per heavy atom. The molecule has 0 saturated heterocycles. The fraction of sp³-hybridized carbons (Fsp3) is 0.163. The predicted molar refractivity (Wildman–Crippen MR) is 563 cm³/mol. The van der Waals surface area contributed by atoms with E-state index in [1.165, 1.54) is 0 Å². The van der Waals surface area contributed by atoms with Gasteiger partial charge in [0.05, 0.1) is 17.9 Å². The smallest absolute Gasteiger partial charge is 0.162 e. The molecule has 0 radical (unpaired) electrons. The summed E-state index contributed by atoms with van der Waals surface area (Å²) in [5.41, 5.74) is 13.6. The van der Waals surface area contributed by atoms with E-state index in [4.69, 9.17) is 71.1 Å². The van der Waals surface area contributed by atoms with Crippen molar-refractivity contribution < 1.29 is 86.4 Å². The summed E-state index contributed by atoms with van der Waals surface area (Å²) in [5, 5.41) is 44.3. The third kappa shape index (κ3) is 23.4. The second-order valence-electron chi connectivity index (χ2n) is 36.7. The van der Waals surface area contributed by atoms with Crippen LogP contribution in [0.25, 0.3) is 0 Å². The maximum Gasteiger partial charge on any atom is 0.162 e. The fourth-order valence-electron chi connectivity index (χ4n) is 19.0. The van der Waals surface area contributed by atoms with Crippen molar-refractivity contribution in [3.05, 3.63) is 554 Å². The van der Waals surface area contributed by atoms with Gasteiger partial charge in [-0.15, -0.1) is 0 Å². The van der Waals surface area contributed by atoms with Crippen molar-refractivity contribution in [2.24, 2.45) is 0 Å². The Labute approximate surface area is 855 Å². The minimum atomic E-state index is -1.73. The first kappa shape index (κ1) is 96.0. The quantitative estimate of drug-likeness (QED) is 0.0326. The average molecular weight is 1950 g/mol. The molecule has 18 nitrogen and oxygen atoms in total. The molecule has 18 aromatic carbocycles. The number of aliphatic hydroxyl groups is 3. The molecule has 0 amide bonds. The van der Waals surface area contributed by atoms with Gasteiger partial charge in [-0.1, -0.05) is 382 Å². The Bertz CT molecular complexity index is 7360. The van der Waals surface area contributed by atoms with Crippen LogP contribution in [0.2, 0.25) is 0 Å². The van der Waals surface area contributed by atoms with E-state index < -0.39 is 48.5 Å². The zero-order chi connectivity index (χ0) is 99.2. The van der Waals surface area contributed by atoms with Gasteiger partial charge in [0.25, 0.3) is 0 Å². The normalized spacial score (nSPS) is 16.3. The number of hydrogen-bond acceptors (Lipinski definition) is 18. The zero-order valence-corrected chi connectivity index (χ0v) is 80.9. The summed E-state index contributed by atoms with van der Waals surface area (Å²) in [6, 6.07) is 143. The van der Waals surface area contributed by atoms with E-state index >= 15 is 10.2 Å². The summed E-state index contributed by atoms with van der Waals surface area (Å²) in [6.07, 6.45) is -8.73. The van der Waals surface area contributed by atoms with Gasteiger partial charge >= 0.3 is 0 Å². The van der Waals surface area contributed by atoms with Crippen LogP contribution in [0, 0.1) is 0 Å². The van der Waals surface area contributed by atoms with Gasteiger partial charge in [-0.2, -0.15) is 0 Å². The molecule has 3 aliphatic rings. The van der Waals surface area contributed by atoms with E-state index in [0.29, 0.717) is 79.4 Å². The van der Waals surface area contributed by atoms with Crippen LogP contribution in [0.1, 0.15) is 141 Å². The summed E-state index contributed by atoms with van der Waals surface area (Å²) < 4.78 is 110. The first-order valence-corrected chi connectivity index (χ1v) is 49.7. The van der Waals surface area contributed by atoms with Crippen molar-refractivity contribution in [1.82, 2.24) is 0 Å². The minimum Gasteiger partial charge on any atom is -0.489 e. The van der Waals surface area contributed by atoms with Crippen LogP contribution >= 0.6 is 0 Å². The number of rotatable bonds is 41. The van der Waals surface area contributed by atoms with Crippen LogP contribution in [-0.2, 0) is 85.7 Å². The molecule has 0 unspecified atom stereocenters. The summed E-state index contributed by atoms with van der Waals surface area (Å²) in [6.45, 7) is 1.22. The molecule has 0 fully saturated rings. The summed E-state index contributed by atoms with van der Waals surface area (Å²) in [4.78, 5) is 0. The van der Waals surface area contributed by atoms with Gasteiger partial charge in [0.15, 0.2) is 46.7 Å². The van der Waals surface area contributed by atoms with Crippen LogP contribution in [-0.4, -0.2) is 33.6 Å². The summed E-state index contributed by atoms with van der Waals surface area (Å²) >= 11 is 0. The summed E-state index contributed by atoms with van der Waals surface area (Å²) in [7, 11) is 0. The van der Waals surface area contributed by atoms with Gasteiger partial charge in [-0.05, 0) is 120 Å². The fourth-order valence-corrected chi connectivity index (χ4v) is 19.0. The highest BCUT2D eigenvalue weighted by molar-refractivity contribution is 5.72. The molecule has 21 rings (SSSR count). The molecule has 0 aliphatic carbocycles. The maximum absolute atomic E-state index is 15.5. The highest BCUT2D eigenvalue weighted by Crippen LogP contribution is 2.64. The average Bonchev–Trinajstić information content (AvgIpc) is 0.704. The van der Waals surface area contributed by atoms with E-state index in [1.54, 1.807) is 0 Å². The lowest BCUT2D eigenvalue weighted by molar-refractivity contribution is -0.00630. The molecular formula is C129H110O18. The van der Waals surface area contributed by atoms with E-state index in [0.717, 1.165) is 66.8 Å². The molecule has 3 N–H and O–H groups in total. The Balaban J connectivity index is 0.843. The third-order valence-electron chi connectivity index (χ3n) is 26.5. The molecule has 3 heterocycles. The first-order chi connectivity index (χ1) is 72.6. The third-order valence-corrected chi connectivity index (χ3v) is 26.5. The van der Waals surface area contributed by atoms with Gasteiger partial charge in [-0.25, -0.2) is 0 Å². The molecule has 3 aliphatic heterocycles. The highest BCUT2D eigenvalue weighted by atomic mass is 16.6. The van der Waals surface area contributed by atoms with E-state index in [-0.39, 0.29) is 137 Å². The van der Waals surface area contributed by atoms with Crippen molar-refractivity contribution in [2.75, 3.05) is 0 Å². The Hall–Kier alpha value is -17.2. The Morgan fingerprint density at radius 1 is 0.190 bits per heavy atom. The number of fused-ring (bicyclic) bond motifs is 3. The number of ether oxygens (including phenoxy) is 15. The van der Waals surface area contributed by atoms with E-state index in [1.807, 2.05) is 443 Å². The summed E-state index contributed by atoms with van der Waals surface area (Å²) in [5.74, 6) is 1.78. The minimum absolute atomic E-state index is 0.0191. The maximum atomic E-state index is 15.5. The number of hydrogen-bond donors (Lipinski definition) is 3. The van der Waals surface area contributed by atoms with E-state index in [2.05, 4.69) is 0 Å². The van der Waals surface area contributed by atoms with Gasteiger partial charge < -0.3 is 86.4 Å².